The maximum Gasteiger partial charge on any atom is 0.407 e. The predicted molar refractivity (Wildman–Crippen MR) is 156 cm³/mol. The number of carbonyl (C=O) groups excluding carboxylic acids is 2. The lowest BCUT2D eigenvalue weighted by Gasteiger charge is -2.33. The molecule has 2 aromatic carbocycles. The molecule has 4 N–H and O–H groups in total. The lowest BCUT2D eigenvalue weighted by molar-refractivity contribution is 0.0111. The normalized spacial score (nSPS) is 13.0. The predicted octanol–water partition coefficient (Wildman–Crippen LogP) is 3.83. The van der Waals surface area contributed by atoms with Gasteiger partial charge in [-0.3, -0.25) is 9.78 Å². The van der Waals surface area contributed by atoms with Crippen LogP contribution in [0.15, 0.2) is 64.7 Å². The molecule has 4 aromatic rings. The largest absolute Gasteiger partial charge is 0.444 e. The Balaban J connectivity index is 1.53. The number of alkyl carbamates (subject to hydrolysis) is 1. The smallest absolute Gasteiger partial charge is 0.407 e. The fourth-order valence-electron chi connectivity index (χ4n) is 4.30. The Morgan fingerprint density at radius 2 is 1.98 bits per heavy atom. The van der Waals surface area contributed by atoms with Gasteiger partial charge in [0.05, 0.1) is 28.1 Å². The molecule has 2 amide bonds. The van der Waals surface area contributed by atoms with Crippen LogP contribution >= 0.6 is 11.3 Å². The van der Waals surface area contributed by atoms with Gasteiger partial charge in [0.15, 0.2) is 5.58 Å². The van der Waals surface area contributed by atoms with E-state index in [1.807, 2.05) is 37.3 Å². The van der Waals surface area contributed by atoms with Gasteiger partial charge in [-0.2, -0.15) is 4.98 Å². The van der Waals surface area contributed by atoms with Crippen LogP contribution in [0, 0.1) is 0 Å². The van der Waals surface area contributed by atoms with E-state index in [9.17, 15) is 19.8 Å². The van der Waals surface area contributed by atoms with Crippen molar-refractivity contribution in [1.29, 1.82) is 0 Å². The van der Waals surface area contributed by atoms with E-state index in [2.05, 4.69) is 20.6 Å². The third-order valence-electron chi connectivity index (χ3n) is 6.13. The number of nitrogens with one attached hydrogen (secondary N) is 2. The number of carbonyl (C=O) groups is 2. The SMILES string of the molecule is CCNc1nc2ccc(C(=O)N(C[C@@H](O)[C@H](Cc3ccccc3)NC(=O)OCc3cncs3)CC(C)(C)O)cc2o1. The Morgan fingerprint density at radius 3 is 2.66 bits per heavy atom. The third-order valence-corrected chi connectivity index (χ3v) is 6.88. The molecule has 0 unspecified atom stereocenters. The van der Waals surface area contributed by atoms with E-state index in [1.165, 1.54) is 16.2 Å². The van der Waals surface area contributed by atoms with E-state index in [-0.39, 0.29) is 19.7 Å². The van der Waals surface area contributed by atoms with Gasteiger partial charge in [0.1, 0.15) is 12.1 Å². The van der Waals surface area contributed by atoms with Gasteiger partial charge in [0, 0.05) is 31.4 Å². The molecule has 218 valence electrons. The van der Waals surface area contributed by atoms with Gasteiger partial charge >= 0.3 is 6.09 Å². The molecule has 2 heterocycles. The quantitative estimate of drug-likeness (QED) is 0.185. The van der Waals surface area contributed by atoms with E-state index in [0.717, 1.165) is 10.4 Å². The zero-order valence-electron chi connectivity index (χ0n) is 23.2. The number of amides is 2. The van der Waals surface area contributed by atoms with E-state index in [0.29, 0.717) is 35.6 Å². The molecule has 11 nitrogen and oxygen atoms in total. The number of aliphatic hydroxyl groups is 2. The number of aliphatic hydroxyl groups excluding tert-OH is 1. The van der Waals surface area contributed by atoms with Crippen molar-refractivity contribution < 1.29 is 29.0 Å². The van der Waals surface area contributed by atoms with Crippen LogP contribution in [0.25, 0.3) is 11.1 Å². The summed E-state index contributed by atoms with van der Waals surface area (Å²) in [5.74, 6) is -0.416. The number of fused-ring (bicyclic) bond motifs is 1. The van der Waals surface area contributed by atoms with Crippen molar-refractivity contribution in [2.45, 2.75) is 51.5 Å². The first-order valence-corrected chi connectivity index (χ1v) is 14.2. The molecule has 0 saturated carbocycles. The van der Waals surface area contributed by atoms with Gasteiger partial charge < -0.3 is 34.9 Å². The van der Waals surface area contributed by atoms with Crippen molar-refractivity contribution in [1.82, 2.24) is 20.2 Å². The van der Waals surface area contributed by atoms with E-state index in [4.69, 9.17) is 9.15 Å². The summed E-state index contributed by atoms with van der Waals surface area (Å²) in [6.45, 7) is 5.54. The summed E-state index contributed by atoms with van der Waals surface area (Å²) < 4.78 is 11.0. The van der Waals surface area contributed by atoms with Gasteiger partial charge in [0.2, 0.25) is 0 Å². The number of anilines is 1. The summed E-state index contributed by atoms with van der Waals surface area (Å²) in [6, 6.07) is 13.9. The molecule has 0 spiro atoms. The second-order valence-corrected chi connectivity index (χ2v) is 11.3. The standard InChI is InChI=1S/C29H35N5O6S/c1-4-31-27-32-22-11-10-20(13-25(22)40-27)26(36)34(17-29(2,3)38)15-24(35)23(12-19-8-6-5-7-9-19)33-28(37)39-16-21-14-30-18-41-21/h5-11,13-14,18,23-24,35,38H,4,12,15-17H2,1-3H3,(H,31,32)(H,33,37)/t23-,24+/m0/s1. The van der Waals surface area contributed by atoms with Crippen LogP contribution in [0.1, 0.15) is 41.6 Å². The summed E-state index contributed by atoms with van der Waals surface area (Å²) in [7, 11) is 0. The Hall–Kier alpha value is -4.00. The van der Waals surface area contributed by atoms with Crippen LogP contribution in [-0.4, -0.2) is 74.5 Å². The average molecular weight is 582 g/mol. The minimum atomic E-state index is -1.25. The minimum Gasteiger partial charge on any atom is -0.444 e. The molecule has 0 bridgehead atoms. The number of rotatable bonds is 13. The lowest BCUT2D eigenvalue weighted by Crippen LogP contribution is -2.52. The van der Waals surface area contributed by atoms with Crippen LogP contribution in [-0.2, 0) is 17.8 Å². The number of thiazole rings is 1. The summed E-state index contributed by atoms with van der Waals surface area (Å²) in [6.07, 6.45) is 0.0169. The first kappa shape index (κ1) is 30.0. The van der Waals surface area contributed by atoms with Crippen molar-refractivity contribution in [2.75, 3.05) is 25.0 Å². The maximum atomic E-state index is 13.7. The maximum absolute atomic E-state index is 13.7. The Morgan fingerprint density at radius 1 is 1.20 bits per heavy atom. The van der Waals surface area contributed by atoms with Crippen molar-refractivity contribution in [2.24, 2.45) is 0 Å². The third kappa shape index (κ3) is 8.74. The number of ether oxygens (including phenoxy) is 1. The van der Waals surface area contributed by atoms with Crippen LogP contribution in [0.5, 0.6) is 0 Å². The first-order chi connectivity index (χ1) is 19.6. The molecule has 0 aliphatic rings. The van der Waals surface area contributed by atoms with Gasteiger partial charge in [-0.1, -0.05) is 30.3 Å². The number of hydrogen-bond acceptors (Lipinski definition) is 10. The molecular formula is C29H35N5O6S. The molecule has 2 atom stereocenters. The molecule has 2 aromatic heterocycles. The van der Waals surface area contributed by atoms with Gasteiger partial charge in [0.25, 0.3) is 11.9 Å². The lowest BCUT2D eigenvalue weighted by atomic mass is 10.00. The van der Waals surface area contributed by atoms with Crippen molar-refractivity contribution >= 4 is 40.5 Å². The molecule has 12 heteroatoms. The number of nitrogens with zero attached hydrogens (tertiary/aromatic N) is 3. The number of hydrogen-bond donors (Lipinski definition) is 4. The molecular weight excluding hydrogens is 546 g/mol. The van der Waals surface area contributed by atoms with E-state index < -0.39 is 29.7 Å². The Kier molecular flexibility index (Phi) is 9.92. The number of aromatic nitrogens is 2. The molecule has 0 aliphatic carbocycles. The molecule has 4 rings (SSSR count). The first-order valence-electron chi connectivity index (χ1n) is 13.3. The van der Waals surface area contributed by atoms with Crippen molar-refractivity contribution in [3.05, 3.63) is 76.2 Å². The molecule has 41 heavy (non-hydrogen) atoms. The highest BCUT2D eigenvalue weighted by atomic mass is 32.1. The monoisotopic (exact) mass is 581 g/mol. The fourth-order valence-corrected chi connectivity index (χ4v) is 4.81. The molecule has 0 radical (unpaired) electrons. The minimum absolute atomic E-state index is 0.0492. The zero-order valence-corrected chi connectivity index (χ0v) is 24.1. The summed E-state index contributed by atoms with van der Waals surface area (Å²) >= 11 is 1.36. The van der Waals surface area contributed by atoms with Crippen LogP contribution in [0.2, 0.25) is 0 Å². The number of benzene rings is 2. The van der Waals surface area contributed by atoms with Gasteiger partial charge in [-0.05, 0) is 51.0 Å². The molecule has 0 saturated heterocycles. The topological polar surface area (TPSA) is 150 Å². The van der Waals surface area contributed by atoms with E-state index in [1.54, 1.807) is 43.8 Å². The van der Waals surface area contributed by atoms with Crippen LogP contribution in [0.4, 0.5) is 10.8 Å². The van der Waals surface area contributed by atoms with Crippen molar-refractivity contribution in [3.8, 4) is 0 Å². The van der Waals surface area contributed by atoms with Gasteiger partial charge in [-0.15, -0.1) is 11.3 Å². The molecule has 0 fully saturated rings. The summed E-state index contributed by atoms with van der Waals surface area (Å²) in [4.78, 5) is 36.8. The Bertz CT molecular complexity index is 1420. The second kappa shape index (κ2) is 13.6. The van der Waals surface area contributed by atoms with Crippen LogP contribution in [0.3, 0.4) is 0 Å². The van der Waals surface area contributed by atoms with E-state index >= 15 is 0 Å². The Labute approximate surface area is 242 Å². The van der Waals surface area contributed by atoms with Crippen molar-refractivity contribution in [3.63, 3.8) is 0 Å². The fraction of sp³-hybridized carbons (Fsp3) is 0.379. The van der Waals surface area contributed by atoms with Gasteiger partial charge in [-0.25, -0.2) is 4.79 Å². The highest BCUT2D eigenvalue weighted by Crippen LogP contribution is 2.22. The highest BCUT2D eigenvalue weighted by Gasteiger charge is 2.30. The highest BCUT2D eigenvalue weighted by molar-refractivity contribution is 7.09. The summed E-state index contributed by atoms with van der Waals surface area (Å²) in [5, 5.41) is 27.7. The number of oxazole rings is 1. The second-order valence-electron chi connectivity index (χ2n) is 10.3. The molecule has 0 aliphatic heterocycles. The van der Waals surface area contributed by atoms with Crippen LogP contribution < -0.4 is 10.6 Å². The summed E-state index contributed by atoms with van der Waals surface area (Å²) in [5.41, 5.74) is 2.61. The zero-order chi connectivity index (χ0) is 29.4. The average Bonchev–Trinajstić information content (AvgIpc) is 3.60.